The van der Waals surface area contributed by atoms with Gasteiger partial charge in [-0.3, -0.25) is 0 Å². The summed E-state index contributed by atoms with van der Waals surface area (Å²) in [5, 5.41) is 10.0. The molecule has 1 aromatic rings. The number of benzene rings is 1. The normalized spacial score (nSPS) is 11.8. The van der Waals surface area contributed by atoms with Crippen LogP contribution in [0.4, 0.5) is 0 Å². The molecule has 0 aliphatic heterocycles. The van der Waals surface area contributed by atoms with Crippen molar-refractivity contribution in [3.8, 4) is 11.5 Å². The highest BCUT2D eigenvalue weighted by atomic mass is 35.5. The topological polar surface area (TPSA) is 65.0 Å². The molecule has 1 rings (SSSR count). The molecule has 0 saturated heterocycles. The molecule has 6 heteroatoms. The Bertz CT molecular complexity index is 419. The summed E-state index contributed by atoms with van der Waals surface area (Å²) >= 11 is 5.91. The first kappa shape index (κ1) is 13.6. The van der Waals surface area contributed by atoms with Crippen LogP contribution in [0.1, 0.15) is 11.7 Å². The highest BCUT2D eigenvalue weighted by Gasteiger charge is 2.23. The van der Waals surface area contributed by atoms with Crippen LogP contribution in [0.5, 0.6) is 11.5 Å². The van der Waals surface area contributed by atoms with Crippen molar-refractivity contribution in [2.45, 2.75) is 6.10 Å². The fourth-order valence-corrected chi connectivity index (χ4v) is 1.58. The summed E-state index contributed by atoms with van der Waals surface area (Å²) in [7, 11) is 4.05. The molecule has 0 fully saturated rings. The van der Waals surface area contributed by atoms with Crippen LogP contribution < -0.4 is 9.47 Å². The molecule has 0 spiro atoms. The van der Waals surface area contributed by atoms with Crippen LogP contribution in [-0.4, -0.2) is 32.4 Å². The minimum absolute atomic E-state index is 0.227. The maximum atomic E-state index is 11.2. The quantitative estimate of drug-likeness (QED) is 0.833. The molecule has 0 aliphatic rings. The van der Waals surface area contributed by atoms with Crippen molar-refractivity contribution in [1.82, 2.24) is 0 Å². The van der Waals surface area contributed by atoms with Crippen LogP contribution >= 0.6 is 11.6 Å². The lowest BCUT2D eigenvalue weighted by molar-refractivity contribution is -0.150. The van der Waals surface area contributed by atoms with E-state index in [2.05, 4.69) is 4.74 Å². The monoisotopic (exact) mass is 260 g/mol. The predicted octanol–water partition coefficient (Wildman–Crippen LogP) is 1.56. The first-order chi connectivity index (χ1) is 8.04. The van der Waals surface area contributed by atoms with Crippen molar-refractivity contribution >= 4 is 17.6 Å². The summed E-state index contributed by atoms with van der Waals surface area (Å²) in [4.78, 5) is 11.2. The highest BCUT2D eigenvalue weighted by Crippen LogP contribution is 2.35. The first-order valence-electron chi connectivity index (χ1n) is 4.72. The number of methoxy groups -OCH3 is 3. The van der Waals surface area contributed by atoms with E-state index >= 15 is 0 Å². The third kappa shape index (κ3) is 2.81. The van der Waals surface area contributed by atoms with Gasteiger partial charge < -0.3 is 19.3 Å². The van der Waals surface area contributed by atoms with Crippen molar-refractivity contribution < 1.29 is 24.1 Å². The van der Waals surface area contributed by atoms with E-state index in [0.717, 1.165) is 0 Å². The molecule has 94 valence electrons. The van der Waals surface area contributed by atoms with E-state index in [-0.39, 0.29) is 10.6 Å². The van der Waals surface area contributed by atoms with Gasteiger partial charge in [-0.1, -0.05) is 11.6 Å². The number of halogens is 1. The SMILES string of the molecule is COC(=O)C(O)c1cc(Cl)c(OC)cc1OC. The Morgan fingerprint density at radius 3 is 2.29 bits per heavy atom. The van der Waals surface area contributed by atoms with E-state index in [9.17, 15) is 9.90 Å². The summed E-state index contributed by atoms with van der Waals surface area (Å²) in [5.74, 6) is -0.0991. The number of hydrogen-bond acceptors (Lipinski definition) is 5. The number of carbonyl (C=O) groups excluding carboxylic acids is 1. The molecular weight excluding hydrogens is 248 g/mol. The van der Waals surface area contributed by atoms with E-state index in [4.69, 9.17) is 21.1 Å². The van der Waals surface area contributed by atoms with Crippen LogP contribution in [0, 0.1) is 0 Å². The van der Waals surface area contributed by atoms with Gasteiger partial charge in [0.2, 0.25) is 0 Å². The van der Waals surface area contributed by atoms with E-state index < -0.39 is 12.1 Å². The number of hydrogen-bond donors (Lipinski definition) is 1. The minimum Gasteiger partial charge on any atom is -0.496 e. The van der Waals surface area contributed by atoms with Gasteiger partial charge in [-0.2, -0.15) is 0 Å². The van der Waals surface area contributed by atoms with Crippen LogP contribution in [0.3, 0.4) is 0 Å². The van der Waals surface area contributed by atoms with Crippen LogP contribution in [0.2, 0.25) is 5.02 Å². The van der Waals surface area contributed by atoms with Crippen LogP contribution in [0.15, 0.2) is 12.1 Å². The van der Waals surface area contributed by atoms with Crippen molar-refractivity contribution in [2.75, 3.05) is 21.3 Å². The fraction of sp³-hybridized carbons (Fsp3) is 0.364. The Labute approximate surface area is 104 Å². The Hall–Kier alpha value is -1.46. The van der Waals surface area contributed by atoms with Gasteiger partial charge in [0.05, 0.1) is 26.4 Å². The van der Waals surface area contributed by atoms with Gasteiger partial charge >= 0.3 is 5.97 Å². The zero-order chi connectivity index (χ0) is 13.0. The highest BCUT2D eigenvalue weighted by molar-refractivity contribution is 6.32. The van der Waals surface area contributed by atoms with Gasteiger partial charge in [0, 0.05) is 11.6 Å². The zero-order valence-electron chi connectivity index (χ0n) is 9.69. The lowest BCUT2D eigenvalue weighted by Gasteiger charge is -2.15. The molecule has 0 aliphatic carbocycles. The van der Waals surface area contributed by atoms with Gasteiger partial charge in [-0.25, -0.2) is 4.79 Å². The Morgan fingerprint density at radius 2 is 1.82 bits per heavy atom. The standard InChI is InChI=1S/C11H13ClO5/c1-15-8-5-9(16-2)7(12)4-6(8)10(13)11(14)17-3/h4-5,10,13H,1-3H3. The molecule has 1 aromatic carbocycles. The summed E-state index contributed by atoms with van der Waals surface area (Å²) < 4.78 is 14.5. The van der Waals surface area contributed by atoms with E-state index in [1.165, 1.54) is 33.5 Å². The van der Waals surface area contributed by atoms with E-state index in [1.807, 2.05) is 0 Å². The van der Waals surface area contributed by atoms with Gasteiger partial charge in [-0.05, 0) is 6.07 Å². The molecule has 0 aromatic heterocycles. The maximum absolute atomic E-state index is 11.2. The van der Waals surface area contributed by atoms with Crippen molar-refractivity contribution in [2.24, 2.45) is 0 Å². The van der Waals surface area contributed by atoms with E-state index in [1.54, 1.807) is 0 Å². The molecule has 5 nitrogen and oxygen atoms in total. The molecule has 0 radical (unpaired) electrons. The number of carbonyl (C=O) groups is 1. The van der Waals surface area contributed by atoms with E-state index in [0.29, 0.717) is 11.5 Å². The van der Waals surface area contributed by atoms with Crippen LogP contribution in [-0.2, 0) is 9.53 Å². The number of aliphatic hydroxyl groups excluding tert-OH is 1. The fourth-order valence-electron chi connectivity index (χ4n) is 1.34. The second-order valence-electron chi connectivity index (χ2n) is 3.15. The summed E-state index contributed by atoms with van der Waals surface area (Å²) in [6, 6.07) is 2.89. The summed E-state index contributed by atoms with van der Waals surface area (Å²) in [5.41, 5.74) is 0.227. The van der Waals surface area contributed by atoms with Gasteiger partial charge in [0.15, 0.2) is 6.10 Å². The average Bonchev–Trinajstić information content (AvgIpc) is 2.36. The lowest BCUT2D eigenvalue weighted by Crippen LogP contribution is -2.14. The Kier molecular flexibility index (Phi) is 4.60. The molecule has 0 bridgehead atoms. The second-order valence-corrected chi connectivity index (χ2v) is 3.56. The average molecular weight is 261 g/mol. The Balaban J connectivity index is 3.23. The Morgan fingerprint density at radius 1 is 1.24 bits per heavy atom. The molecule has 0 amide bonds. The third-order valence-electron chi connectivity index (χ3n) is 2.22. The van der Waals surface area contributed by atoms with Gasteiger partial charge in [0.25, 0.3) is 0 Å². The van der Waals surface area contributed by atoms with Gasteiger partial charge in [0.1, 0.15) is 11.5 Å². The number of aliphatic hydroxyl groups is 1. The van der Waals surface area contributed by atoms with Crippen molar-refractivity contribution in [1.29, 1.82) is 0 Å². The first-order valence-corrected chi connectivity index (χ1v) is 5.10. The molecule has 1 N–H and O–H groups in total. The molecule has 0 heterocycles. The lowest BCUT2D eigenvalue weighted by atomic mass is 10.1. The smallest absolute Gasteiger partial charge is 0.339 e. The predicted molar refractivity (Wildman–Crippen MR) is 61.5 cm³/mol. The van der Waals surface area contributed by atoms with Crippen molar-refractivity contribution in [3.05, 3.63) is 22.7 Å². The summed E-state index contributed by atoms with van der Waals surface area (Å²) in [6.07, 6.45) is -1.45. The molecular formula is C11H13ClO5. The summed E-state index contributed by atoms with van der Waals surface area (Å²) in [6.45, 7) is 0. The third-order valence-corrected chi connectivity index (χ3v) is 2.52. The van der Waals surface area contributed by atoms with Crippen LogP contribution in [0.25, 0.3) is 0 Å². The largest absolute Gasteiger partial charge is 0.496 e. The van der Waals surface area contributed by atoms with Crippen molar-refractivity contribution in [3.63, 3.8) is 0 Å². The molecule has 0 saturated carbocycles. The molecule has 1 atom stereocenters. The zero-order valence-corrected chi connectivity index (χ0v) is 10.4. The number of ether oxygens (including phenoxy) is 3. The second kappa shape index (κ2) is 5.75. The maximum Gasteiger partial charge on any atom is 0.339 e. The molecule has 17 heavy (non-hydrogen) atoms. The molecule has 1 unspecified atom stereocenters. The number of esters is 1. The number of rotatable bonds is 4. The van der Waals surface area contributed by atoms with Gasteiger partial charge in [-0.15, -0.1) is 0 Å². The minimum atomic E-state index is -1.45.